The van der Waals surface area contributed by atoms with Crippen molar-refractivity contribution in [3.05, 3.63) is 59.7 Å². The van der Waals surface area contributed by atoms with Crippen molar-refractivity contribution in [1.29, 1.82) is 0 Å². The molecule has 0 unspecified atom stereocenters. The molecule has 7 nitrogen and oxygen atoms in total. The number of likely N-dealkylation sites (tertiary alicyclic amines) is 1. The zero-order chi connectivity index (χ0) is 21.4. The molecule has 0 aliphatic carbocycles. The molecular formula is C24H27N3O4. The van der Waals surface area contributed by atoms with Gasteiger partial charge in [0, 0.05) is 25.3 Å². The summed E-state index contributed by atoms with van der Waals surface area (Å²) < 4.78 is 5.93. The Balaban J connectivity index is 1.70. The van der Waals surface area contributed by atoms with Gasteiger partial charge in [-0.3, -0.25) is 14.5 Å². The fourth-order valence-corrected chi connectivity index (χ4v) is 5.44. The Hall–Kier alpha value is -2.90. The number of para-hydroxylation sites is 1. The van der Waals surface area contributed by atoms with Crippen molar-refractivity contribution in [2.45, 2.75) is 24.3 Å². The van der Waals surface area contributed by atoms with E-state index in [1.807, 2.05) is 48.5 Å². The molecule has 31 heavy (non-hydrogen) atoms. The summed E-state index contributed by atoms with van der Waals surface area (Å²) in [5.41, 5.74) is 1.96. The lowest BCUT2D eigenvalue weighted by molar-refractivity contribution is -0.127. The number of anilines is 1. The lowest BCUT2D eigenvalue weighted by Gasteiger charge is -2.35. The summed E-state index contributed by atoms with van der Waals surface area (Å²) in [6.45, 7) is 2.20. The van der Waals surface area contributed by atoms with E-state index in [2.05, 4.69) is 10.2 Å². The van der Waals surface area contributed by atoms with Crippen LogP contribution in [0.25, 0.3) is 0 Å². The molecule has 2 aromatic carbocycles. The minimum atomic E-state index is -0.797. The number of carbonyl (C=O) groups excluding carboxylic acids is 2. The summed E-state index contributed by atoms with van der Waals surface area (Å²) >= 11 is 0. The summed E-state index contributed by atoms with van der Waals surface area (Å²) in [5.74, 6) is 0.540. The molecule has 162 valence electrons. The summed E-state index contributed by atoms with van der Waals surface area (Å²) in [6, 6.07) is 15.5. The molecule has 0 saturated carbocycles. The van der Waals surface area contributed by atoms with Gasteiger partial charge in [0.15, 0.2) is 0 Å². The number of hydrogen-bond donors (Lipinski definition) is 2. The van der Waals surface area contributed by atoms with E-state index in [-0.39, 0.29) is 31.0 Å². The highest BCUT2D eigenvalue weighted by Gasteiger charge is 2.60. The number of ether oxygens (including phenoxy) is 1. The van der Waals surface area contributed by atoms with Crippen LogP contribution in [0, 0.1) is 0 Å². The number of amides is 2. The van der Waals surface area contributed by atoms with Crippen molar-refractivity contribution < 1.29 is 19.4 Å². The third-order valence-corrected chi connectivity index (χ3v) is 6.70. The van der Waals surface area contributed by atoms with Crippen molar-refractivity contribution in [3.8, 4) is 5.75 Å². The number of aliphatic hydroxyl groups is 1. The standard InChI is InChI=1S/C24H27N3O4/c28-13-12-26-11-9-24-19-7-1-2-8-20(19)27(23(24)30)16-21(29)25-10-4-14-31-18-6-3-5-17(15-18)22(24)26/h1-3,5-8,15,22,28H,4,9-14,16H2,(H,25,29)/t22-,24+/m0/s1. The Labute approximate surface area is 181 Å². The van der Waals surface area contributed by atoms with E-state index in [4.69, 9.17) is 4.74 Å². The molecule has 7 heteroatoms. The largest absolute Gasteiger partial charge is 0.494 e. The third kappa shape index (κ3) is 3.20. The first-order valence-electron chi connectivity index (χ1n) is 10.9. The third-order valence-electron chi connectivity index (χ3n) is 6.70. The lowest BCUT2D eigenvalue weighted by atomic mass is 9.72. The minimum Gasteiger partial charge on any atom is -0.494 e. The van der Waals surface area contributed by atoms with Crippen LogP contribution in [0.2, 0.25) is 0 Å². The van der Waals surface area contributed by atoms with E-state index in [0.717, 1.165) is 22.6 Å². The maximum absolute atomic E-state index is 14.1. The van der Waals surface area contributed by atoms with Crippen LogP contribution in [0.3, 0.4) is 0 Å². The van der Waals surface area contributed by atoms with E-state index in [0.29, 0.717) is 39.1 Å². The van der Waals surface area contributed by atoms with Gasteiger partial charge in [-0.05, 0) is 42.2 Å². The molecule has 0 aromatic heterocycles. The van der Waals surface area contributed by atoms with Gasteiger partial charge < -0.3 is 20.1 Å². The second kappa shape index (κ2) is 7.98. The number of aliphatic hydroxyl groups excluding tert-OH is 1. The molecule has 0 radical (unpaired) electrons. The van der Waals surface area contributed by atoms with Crippen molar-refractivity contribution in [1.82, 2.24) is 10.2 Å². The van der Waals surface area contributed by atoms with Crippen molar-refractivity contribution in [2.75, 3.05) is 44.3 Å². The predicted octanol–water partition coefficient (Wildman–Crippen LogP) is 1.61. The molecular weight excluding hydrogens is 394 g/mol. The van der Waals surface area contributed by atoms with Crippen molar-refractivity contribution in [3.63, 3.8) is 0 Å². The SMILES string of the molecule is O=C1CN2C(=O)[C@]3(CCN(CCO)[C@H]3c3cccc(c3)OCCCN1)c1ccccc12. The fourth-order valence-electron chi connectivity index (χ4n) is 5.44. The number of benzene rings is 2. The van der Waals surface area contributed by atoms with E-state index in [1.165, 1.54) is 0 Å². The summed E-state index contributed by atoms with van der Waals surface area (Å²) in [6.07, 6.45) is 1.32. The van der Waals surface area contributed by atoms with Gasteiger partial charge in [-0.2, -0.15) is 0 Å². The highest BCUT2D eigenvalue weighted by Crippen LogP contribution is 2.56. The van der Waals surface area contributed by atoms with Gasteiger partial charge in [0.25, 0.3) is 0 Å². The number of hydrogen-bond acceptors (Lipinski definition) is 5. The summed E-state index contributed by atoms with van der Waals surface area (Å²) in [7, 11) is 0. The summed E-state index contributed by atoms with van der Waals surface area (Å²) in [4.78, 5) is 30.5. The Bertz CT molecular complexity index is 1010. The van der Waals surface area contributed by atoms with Crippen LogP contribution < -0.4 is 15.0 Å². The molecule has 2 aromatic rings. The molecule has 2 atom stereocenters. The number of fused-ring (bicyclic) bond motifs is 6. The van der Waals surface area contributed by atoms with Crippen molar-refractivity contribution >= 4 is 17.5 Å². The highest BCUT2D eigenvalue weighted by atomic mass is 16.5. The number of nitrogens with zero attached hydrogens (tertiary/aromatic N) is 2. The fraction of sp³-hybridized carbons (Fsp3) is 0.417. The molecule has 5 rings (SSSR count). The van der Waals surface area contributed by atoms with Gasteiger partial charge in [0.1, 0.15) is 12.3 Å². The van der Waals surface area contributed by atoms with E-state index in [9.17, 15) is 14.7 Å². The van der Waals surface area contributed by atoms with E-state index >= 15 is 0 Å². The molecule has 4 bridgehead atoms. The number of rotatable bonds is 2. The Morgan fingerprint density at radius 2 is 2.03 bits per heavy atom. The monoisotopic (exact) mass is 421 g/mol. The Morgan fingerprint density at radius 1 is 1.16 bits per heavy atom. The van der Waals surface area contributed by atoms with Gasteiger partial charge in [-0.25, -0.2) is 0 Å². The smallest absolute Gasteiger partial charge is 0.240 e. The van der Waals surface area contributed by atoms with Crippen LogP contribution in [0.5, 0.6) is 5.75 Å². The number of carbonyl (C=O) groups is 2. The van der Waals surface area contributed by atoms with Gasteiger partial charge in [-0.1, -0.05) is 30.3 Å². The van der Waals surface area contributed by atoms with Crippen LogP contribution >= 0.6 is 0 Å². The minimum absolute atomic E-state index is 0.00517. The first-order valence-corrected chi connectivity index (χ1v) is 10.9. The molecule has 1 fully saturated rings. The second-order valence-electron chi connectivity index (χ2n) is 8.42. The average Bonchev–Trinajstić information content (AvgIpc) is 3.26. The topological polar surface area (TPSA) is 82.1 Å². The zero-order valence-corrected chi connectivity index (χ0v) is 17.4. The van der Waals surface area contributed by atoms with Crippen molar-refractivity contribution in [2.24, 2.45) is 0 Å². The number of nitrogens with one attached hydrogen (secondary N) is 1. The zero-order valence-electron chi connectivity index (χ0n) is 17.4. The summed E-state index contributed by atoms with van der Waals surface area (Å²) in [5, 5.41) is 12.6. The maximum Gasteiger partial charge on any atom is 0.240 e. The van der Waals surface area contributed by atoms with Crippen LogP contribution in [0.4, 0.5) is 5.69 Å². The molecule has 3 aliphatic rings. The van der Waals surface area contributed by atoms with E-state index < -0.39 is 5.41 Å². The second-order valence-corrected chi connectivity index (χ2v) is 8.42. The van der Waals surface area contributed by atoms with Gasteiger partial charge in [-0.15, -0.1) is 0 Å². The first-order chi connectivity index (χ1) is 15.1. The number of β-amino-alcohol motifs (C(OH)–C–C–N with tert-alkyl or cyclic N) is 1. The first kappa shape index (κ1) is 20.0. The molecule has 2 N–H and O–H groups in total. The van der Waals surface area contributed by atoms with Crippen LogP contribution in [0.15, 0.2) is 48.5 Å². The highest BCUT2D eigenvalue weighted by molar-refractivity contribution is 6.11. The van der Waals surface area contributed by atoms with Gasteiger partial charge in [0.05, 0.1) is 24.7 Å². The quantitative estimate of drug-likeness (QED) is 0.770. The average molecular weight is 421 g/mol. The molecule has 1 spiro atoms. The van der Waals surface area contributed by atoms with Crippen LogP contribution in [-0.4, -0.2) is 61.2 Å². The molecule has 3 heterocycles. The normalized spacial score (nSPS) is 26.0. The lowest BCUT2D eigenvalue weighted by Crippen LogP contribution is -2.47. The predicted molar refractivity (Wildman–Crippen MR) is 116 cm³/mol. The van der Waals surface area contributed by atoms with E-state index in [1.54, 1.807) is 4.90 Å². The molecule has 1 saturated heterocycles. The molecule has 2 amide bonds. The maximum atomic E-state index is 14.1. The molecule has 3 aliphatic heterocycles. The van der Waals surface area contributed by atoms with Gasteiger partial charge >= 0.3 is 0 Å². The van der Waals surface area contributed by atoms with Crippen LogP contribution in [0.1, 0.15) is 30.0 Å². The Kier molecular flexibility index (Phi) is 5.16. The van der Waals surface area contributed by atoms with Crippen LogP contribution in [-0.2, 0) is 15.0 Å². The Morgan fingerprint density at radius 3 is 2.90 bits per heavy atom. The van der Waals surface area contributed by atoms with Gasteiger partial charge in [0.2, 0.25) is 11.8 Å².